The minimum atomic E-state index is -0.292. The Labute approximate surface area is 140 Å². The van der Waals surface area contributed by atoms with Crippen LogP contribution in [-0.2, 0) is 0 Å². The number of fused-ring (bicyclic) bond motifs is 1. The van der Waals surface area contributed by atoms with Gasteiger partial charge >= 0.3 is 0 Å². The van der Waals surface area contributed by atoms with Gasteiger partial charge < -0.3 is 4.74 Å². The lowest BCUT2D eigenvalue weighted by atomic mass is 10.1. The zero-order valence-electron chi connectivity index (χ0n) is 11.3. The van der Waals surface area contributed by atoms with Gasteiger partial charge in [0.05, 0.1) is 4.70 Å². The van der Waals surface area contributed by atoms with Crippen molar-refractivity contribution in [2.45, 2.75) is 12.5 Å². The lowest BCUT2D eigenvalue weighted by molar-refractivity contribution is 0.198. The number of hydrogen-bond acceptors (Lipinski definition) is 2. The largest absolute Gasteiger partial charge is 0.481 e. The molecule has 21 heavy (non-hydrogen) atoms. The van der Waals surface area contributed by atoms with Crippen LogP contribution in [0, 0.1) is 5.82 Å². The maximum Gasteiger partial charge on any atom is 0.173 e. The minimum Gasteiger partial charge on any atom is -0.481 e. The van der Waals surface area contributed by atoms with Crippen molar-refractivity contribution in [1.29, 1.82) is 0 Å². The molecule has 0 spiro atoms. The van der Waals surface area contributed by atoms with E-state index < -0.39 is 0 Å². The monoisotopic (exact) mass is 412 g/mol. The molecule has 0 radical (unpaired) electrons. The Bertz CT molecular complexity index is 726. The van der Waals surface area contributed by atoms with E-state index in [2.05, 4.69) is 22.6 Å². The van der Waals surface area contributed by atoms with Crippen molar-refractivity contribution < 1.29 is 9.13 Å². The highest BCUT2D eigenvalue weighted by atomic mass is 127. The summed E-state index contributed by atoms with van der Waals surface area (Å²) in [5.74, 6) is 0.0838. The number of halogens is 2. The van der Waals surface area contributed by atoms with Gasteiger partial charge in [-0.3, -0.25) is 0 Å². The van der Waals surface area contributed by atoms with E-state index in [1.54, 1.807) is 6.07 Å². The van der Waals surface area contributed by atoms with E-state index in [-0.39, 0.29) is 11.9 Å². The zero-order chi connectivity index (χ0) is 14.7. The lowest BCUT2D eigenvalue weighted by Gasteiger charge is -2.19. The van der Waals surface area contributed by atoms with Gasteiger partial charge in [-0.25, -0.2) is 4.39 Å². The lowest BCUT2D eigenvalue weighted by Crippen LogP contribution is -2.09. The number of ether oxygens (including phenoxy) is 1. The number of alkyl halides is 1. The Morgan fingerprint density at radius 1 is 1.10 bits per heavy atom. The molecule has 1 atom stereocenters. The van der Waals surface area contributed by atoms with Crippen LogP contribution in [0.4, 0.5) is 4.39 Å². The predicted molar refractivity (Wildman–Crippen MR) is 95.1 cm³/mol. The molecule has 0 unspecified atom stereocenters. The van der Waals surface area contributed by atoms with Crippen molar-refractivity contribution in [3.63, 3.8) is 0 Å². The quantitative estimate of drug-likeness (QED) is 0.370. The van der Waals surface area contributed by atoms with E-state index in [0.717, 1.165) is 26.5 Å². The third kappa shape index (κ3) is 3.21. The maximum atomic E-state index is 14.2. The summed E-state index contributed by atoms with van der Waals surface area (Å²) in [5, 5.41) is 2.99. The number of benzene rings is 2. The summed E-state index contributed by atoms with van der Waals surface area (Å²) in [6.07, 6.45) is 0.733. The highest BCUT2D eigenvalue weighted by Crippen LogP contribution is 2.36. The summed E-state index contributed by atoms with van der Waals surface area (Å²) < 4.78 is 22.1. The molecular formula is C17H14FIOS. The number of hydrogen-bond donors (Lipinski definition) is 0. The van der Waals surface area contributed by atoms with Gasteiger partial charge in [-0.1, -0.05) is 59.0 Å². The average Bonchev–Trinajstić information content (AvgIpc) is 2.99. The van der Waals surface area contributed by atoms with E-state index in [1.807, 2.05) is 41.8 Å². The van der Waals surface area contributed by atoms with E-state index in [1.165, 1.54) is 17.4 Å². The van der Waals surface area contributed by atoms with Crippen LogP contribution in [0.5, 0.6) is 5.75 Å². The maximum absolute atomic E-state index is 14.2. The molecule has 2 aromatic carbocycles. The van der Waals surface area contributed by atoms with Crippen LogP contribution in [0.2, 0.25) is 0 Å². The van der Waals surface area contributed by atoms with Crippen LogP contribution in [0.15, 0.2) is 53.9 Å². The molecule has 4 heteroatoms. The molecule has 108 valence electrons. The van der Waals surface area contributed by atoms with Gasteiger partial charge in [-0.05, 0) is 34.9 Å². The second-order valence-electron chi connectivity index (χ2n) is 4.71. The first-order valence-corrected chi connectivity index (χ1v) is 9.13. The summed E-state index contributed by atoms with van der Waals surface area (Å²) >= 11 is 3.84. The Kier molecular flexibility index (Phi) is 4.75. The molecule has 0 saturated carbocycles. The standard InChI is InChI=1S/C17H14FIOS/c18-14-7-6-13-9-11-21-17(13)16(14)20-15(8-10-19)12-4-2-1-3-5-12/h1-7,9,11,15H,8,10H2/t15-/m0/s1. The fourth-order valence-electron chi connectivity index (χ4n) is 2.29. The predicted octanol–water partition coefficient (Wildman–Crippen LogP) is 5.99. The molecule has 0 aliphatic carbocycles. The summed E-state index contributed by atoms with van der Waals surface area (Å²) in [5.41, 5.74) is 1.09. The van der Waals surface area contributed by atoms with Gasteiger partial charge in [0.25, 0.3) is 0 Å². The zero-order valence-corrected chi connectivity index (χ0v) is 14.2. The van der Waals surface area contributed by atoms with E-state index in [9.17, 15) is 4.39 Å². The van der Waals surface area contributed by atoms with Crippen LogP contribution >= 0.6 is 33.9 Å². The van der Waals surface area contributed by atoms with Crippen molar-refractivity contribution in [1.82, 2.24) is 0 Å². The number of rotatable bonds is 5. The van der Waals surface area contributed by atoms with Crippen molar-refractivity contribution in [2.75, 3.05) is 4.43 Å². The first-order valence-electron chi connectivity index (χ1n) is 6.73. The van der Waals surface area contributed by atoms with E-state index in [0.29, 0.717) is 5.75 Å². The molecule has 0 aliphatic heterocycles. The smallest absolute Gasteiger partial charge is 0.173 e. The minimum absolute atomic E-state index is 0.120. The van der Waals surface area contributed by atoms with Gasteiger partial charge in [0, 0.05) is 4.43 Å². The molecule has 0 N–H and O–H groups in total. The summed E-state index contributed by atoms with van der Waals surface area (Å²) in [6.45, 7) is 0. The Hall–Kier alpha value is -1.14. The van der Waals surface area contributed by atoms with E-state index >= 15 is 0 Å². The molecule has 0 amide bonds. The fraction of sp³-hybridized carbons (Fsp3) is 0.176. The topological polar surface area (TPSA) is 9.23 Å². The van der Waals surface area contributed by atoms with Crippen molar-refractivity contribution in [3.05, 3.63) is 65.3 Å². The Balaban J connectivity index is 1.98. The van der Waals surface area contributed by atoms with Crippen LogP contribution in [0.25, 0.3) is 10.1 Å². The van der Waals surface area contributed by atoms with Gasteiger partial charge in [0.1, 0.15) is 6.10 Å². The molecule has 0 bridgehead atoms. The van der Waals surface area contributed by atoms with E-state index in [4.69, 9.17) is 4.74 Å². The molecule has 0 aliphatic rings. The van der Waals surface area contributed by atoms with Crippen molar-refractivity contribution >= 4 is 44.0 Å². The molecular weight excluding hydrogens is 398 g/mol. The molecule has 1 heterocycles. The number of thiophene rings is 1. The average molecular weight is 412 g/mol. The first kappa shape index (κ1) is 14.8. The van der Waals surface area contributed by atoms with Crippen LogP contribution in [-0.4, -0.2) is 4.43 Å². The summed E-state index contributed by atoms with van der Waals surface area (Å²) in [4.78, 5) is 0. The normalized spacial score (nSPS) is 12.5. The van der Waals surface area contributed by atoms with Gasteiger partial charge in [-0.2, -0.15) is 0 Å². The molecule has 1 nitrogen and oxygen atoms in total. The molecule has 3 rings (SSSR count). The first-order chi connectivity index (χ1) is 10.3. The second-order valence-corrected chi connectivity index (χ2v) is 6.71. The summed E-state index contributed by atoms with van der Waals surface area (Å²) in [7, 11) is 0. The van der Waals surface area contributed by atoms with Crippen molar-refractivity contribution in [3.8, 4) is 5.75 Å². The van der Waals surface area contributed by atoms with Gasteiger partial charge in [0.15, 0.2) is 11.6 Å². The van der Waals surface area contributed by atoms with Gasteiger partial charge in [0.2, 0.25) is 0 Å². The van der Waals surface area contributed by atoms with Crippen LogP contribution in [0.1, 0.15) is 18.1 Å². The second kappa shape index (κ2) is 6.75. The molecule has 0 saturated heterocycles. The highest BCUT2D eigenvalue weighted by Gasteiger charge is 2.17. The highest BCUT2D eigenvalue weighted by molar-refractivity contribution is 14.1. The Morgan fingerprint density at radius 3 is 2.67 bits per heavy atom. The third-order valence-electron chi connectivity index (χ3n) is 3.33. The fourth-order valence-corrected chi connectivity index (χ4v) is 3.74. The molecule has 0 fully saturated rings. The third-order valence-corrected chi connectivity index (χ3v) is 4.88. The van der Waals surface area contributed by atoms with Crippen LogP contribution < -0.4 is 4.74 Å². The Morgan fingerprint density at radius 2 is 1.90 bits per heavy atom. The van der Waals surface area contributed by atoms with Gasteiger partial charge in [-0.15, -0.1) is 11.3 Å². The summed E-state index contributed by atoms with van der Waals surface area (Å²) in [6, 6.07) is 15.3. The SMILES string of the molecule is Fc1ccc2ccsc2c1O[C@@H](CCI)c1ccccc1. The van der Waals surface area contributed by atoms with Crippen LogP contribution in [0.3, 0.4) is 0 Å². The molecule has 3 aromatic rings. The molecule has 1 aromatic heterocycles. The van der Waals surface area contributed by atoms with Crippen molar-refractivity contribution in [2.24, 2.45) is 0 Å².